The Bertz CT molecular complexity index is 877. The molecular formula is C20H16FNO3S. The highest BCUT2D eigenvalue weighted by Gasteiger charge is 2.33. The van der Waals surface area contributed by atoms with E-state index >= 15 is 0 Å². The van der Waals surface area contributed by atoms with Crippen molar-refractivity contribution in [1.82, 2.24) is 4.90 Å². The number of rotatable bonds is 6. The Kier molecular flexibility index (Phi) is 5.53. The van der Waals surface area contributed by atoms with Crippen molar-refractivity contribution in [1.29, 1.82) is 0 Å². The number of hydrogen-bond acceptors (Lipinski definition) is 4. The van der Waals surface area contributed by atoms with E-state index in [9.17, 15) is 14.0 Å². The third-order valence-corrected chi connectivity index (χ3v) is 4.57. The number of benzene rings is 2. The molecule has 0 radical (unpaired) electrons. The highest BCUT2D eigenvalue weighted by Crippen LogP contribution is 2.32. The van der Waals surface area contributed by atoms with Gasteiger partial charge in [-0.3, -0.25) is 14.5 Å². The van der Waals surface area contributed by atoms with Gasteiger partial charge in [-0.05, 0) is 53.2 Å². The topological polar surface area (TPSA) is 46.6 Å². The quantitative estimate of drug-likeness (QED) is 0.550. The molecule has 132 valence electrons. The van der Waals surface area contributed by atoms with E-state index in [1.54, 1.807) is 36.4 Å². The number of thioether (sulfide) groups is 1. The second kappa shape index (κ2) is 8.01. The average Bonchev–Trinajstić information content (AvgIpc) is 2.89. The molecule has 0 saturated carbocycles. The van der Waals surface area contributed by atoms with Crippen LogP contribution >= 0.6 is 11.8 Å². The largest absolute Gasteiger partial charge is 0.489 e. The Morgan fingerprint density at radius 1 is 1.15 bits per heavy atom. The molecule has 1 aliphatic heterocycles. The maximum absolute atomic E-state index is 12.9. The van der Waals surface area contributed by atoms with Gasteiger partial charge in [0.1, 0.15) is 18.2 Å². The van der Waals surface area contributed by atoms with Crippen LogP contribution in [0.15, 0.2) is 66.1 Å². The van der Waals surface area contributed by atoms with Crippen LogP contribution in [0, 0.1) is 5.82 Å². The monoisotopic (exact) mass is 369 g/mol. The van der Waals surface area contributed by atoms with Crippen LogP contribution in [-0.2, 0) is 11.4 Å². The number of carbonyl (C=O) groups is 2. The molecule has 0 aliphatic carbocycles. The predicted molar refractivity (Wildman–Crippen MR) is 100 cm³/mol. The van der Waals surface area contributed by atoms with Gasteiger partial charge in [-0.1, -0.05) is 30.3 Å². The average molecular weight is 369 g/mol. The van der Waals surface area contributed by atoms with Crippen LogP contribution in [0.25, 0.3) is 6.08 Å². The van der Waals surface area contributed by atoms with Crippen LogP contribution < -0.4 is 4.74 Å². The van der Waals surface area contributed by atoms with Gasteiger partial charge in [-0.2, -0.15) is 0 Å². The first-order chi connectivity index (χ1) is 12.6. The molecule has 2 aromatic rings. The zero-order chi connectivity index (χ0) is 18.5. The fourth-order valence-electron chi connectivity index (χ4n) is 2.38. The van der Waals surface area contributed by atoms with Gasteiger partial charge < -0.3 is 4.74 Å². The van der Waals surface area contributed by atoms with Crippen molar-refractivity contribution in [3.8, 4) is 5.75 Å². The van der Waals surface area contributed by atoms with Gasteiger partial charge in [0.2, 0.25) is 0 Å². The zero-order valence-electron chi connectivity index (χ0n) is 13.9. The second-order valence-electron chi connectivity index (χ2n) is 5.57. The molecule has 0 unspecified atom stereocenters. The summed E-state index contributed by atoms with van der Waals surface area (Å²) in [6, 6.07) is 13.3. The van der Waals surface area contributed by atoms with E-state index in [4.69, 9.17) is 4.74 Å². The summed E-state index contributed by atoms with van der Waals surface area (Å²) in [6.45, 7) is 4.05. The molecule has 6 heteroatoms. The number of halogens is 1. The molecule has 0 atom stereocenters. The molecule has 2 amide bonds. The lowest BCUT2D eigenvalue weighted by atomic mass is 10.2. The van der Waals surface area contributed by atoms with E-state index in [0.717, 1.165) is 27.8 Å². The molecule has 3 rings (SSSR count). The minimum atomic E-state index is -0.322. The van der Waals surface area contributed by atoms with E-state index in [2.05, 4.69) is 6.58 Å². The highest BCUT2D eigenvalue weighted by atomic mass is 32.2. The van der Waals surface area contributed by atoms with Crippen LogP contribution in [0.2, 0.25) is 0 Å². The number of carbonyl (C=O) groups excluding carboxylic acids is 2. The van der Waals surface area contributed by atoms with E-state index in [1.807, 2.05) is 6.07 Å². The Labute approximate surface area is 155 Å². The fraction of sp³-hybridized carbons (Fsp3) is 0.100. The number of amides is 2. The van der Waals surface area contributed by atoms with Crippen LogP contribution in [0.5, 0.6) is 5.75 Å². The lowest BCUT2D eigenvalue weighted by molar-refractivity contribution is -0.122. The van der Waals surface area contributed by atoms with Gasteiger partial charge in [0, 0.05) is 6.54 Å². The summed E-state index contributed by atoms with van der Waals surface area (Å²) in [5.74, 6) is 0.00655. The third-order valence-electron chi connectivity index (χ3n) is 3.66. The maximum Gasteiger partial charge on any atom is 0.293 e. The molecule has 1 fully saturated rings. The van der Waals surface area contributed by atoms with Crippen molar-refractivity contribution in [2.24, 2.45) is 0 Å². The molecular weight excluding hydrogens is 353 g/mol. The SMILES string of the molecule is C=CCN1C(=O)SC(=Cc2cccc(OCc3ccc(F)cc3)c2)C1=O. The number of imide groups is 1. The molecule has 0 aromatic heterocycles. The van der Waals surface area contributed by atoms with Crippen LogP contribution in [0.3, 0.4) is 0 Å². The van der Waals surface area contributed by atoms with Crippen molar-refractivity contribution in [3.05, 3.63) is 83.0 Å². The maximum atomic E-state index is 12.9. The van der Waals surface area contributed by atoms with E-state index in [-0.39, 0.29) is 23.5 Å². The third kappa shape index (κ3) is 4.21. The lowest BCUT2D eigenvalue weighted by Gasteiger charge is -2.08. The van der Waals surface area contributed by atoms with Crippen molar-refractivity contribution in [3.63, 3.8) is 0 Å². The smallest absolute Gasteiger partial charge is 0.293 e. The fourth-order valence-corrected chi connectivity index (χ4v) is 3.23. The van der Waals surface area contributed by atoms with Crippen LogP contribution in [-0.4, -0.2) is 22.6 Å². The summed E-state index contributed by atoms with van der Waals surface area (Å²) < 4.78 is 18.6. The summed E-state index contributed by atoms with van der Waals surface area (Å²) in [5.41, 5.74) is 1.60. The first kappa shape index (κ1) is 17.9. The summed E-state index contributed by atoms with van der Waals surface area (Å²) >= 11 is 0.908. The normalized spacial score (nSPS) is 15.6. The number of ether oxygens (including phenoxy) is 1. The molecule has 4 nitrogen and oxygen atoms in total. The first-order valence-electron chi connectivity index (χ1n) is 7.90. The van der Waals surface area contributed by atoms with Gasteiger partial charge in [-0.15, -0.1) is 6.58 Å². The van der Waals surface area contributed by atoms with E-state index in [0.29, 0.717) is 17.3 Å². The summed E-state index contributed by atoms with van der Waals surface area (Å²) in [7, 11) is 0. The van der Waals surface area contributed by atoms with E-state index < -0.39 is 0 Å². The number of nitrogens with zero attached hydrogens (tertiary/aromatic N) is 1. The summed E-state index contributed by atoms with van der Waals surface area (Å²) in [5, 5.41) is -0.301. The van der Waals surface area contributed by atoms with Gasteiger partial charge in [0.25, 0.3) is 11.1 Å². The Balaban J connectivity index is 1.71. The highest BCUT2D eigenvalue weighted by molar-refractivity contribution is 8.18. The Morgan fingerprint density at radius 2 is 1.92 bits per heavy atom. The number of hydrogen-bond donors (Lipinski definition) is 0. The predicted octanol–water partition coefficient (Wildman–Crippen LogP) is 4.63. The molecule has 0 N–H and O–H groups in total. The molecule has 1 aliphatic rings. The molecule has 26 heavy (non-hydrogen) atoms. The first-order valence-corrected chi connectivity index (χ1v) is 8.72. The molecule has 1 heterocycles. The van der Waals surface area contributed by atoms with Gasteiger partial charge in [0.15, 0.2) is 0 Å². The molecule has 1 saturated heterocycles. The summed E-state index contributed by atoms with van der Waals surface area (Å²) in [6.07, 6.45) is 3.18. The van der Waals surface area contributed by atoms with Gasteiger partial charge in [-0.25, -0.2) is 4.39 Å². The zero-order valence-corrected chi connectivity index (χ0v) is 14.7. The molecule has 0 spiro atoms. The standard InChI is InChI=1S/C20H16FNO3S/c1-2-10-22-19(23)18(26-20(22)24)12-15-4-3-5-17(11-15)25-13-14-6-8-16(21)9-7-14/h2-9,11-12H,1,10,13H2. The van der Waals surface area contributed by atoms with E-state index in [1.165, 1.54) is 18.2 Å². The lowest BCUT2D eigenvalue weighted by Crippen LogP contribution is -2.27. The van der Waals surface area contributed by atoms with Crippen LogP contribution in [0.4, 0.5) is 9.18 Å². The second-order valence-corrected chi connectivity index (χ2v) is 6.56. The van der Waals surface area contributed by atoms with Crippen molar-refractivity contribution >= 4 is 29.0 Å². The van der Waals surface area contributed by atoms with Gasteiger partial charge >= 0.3 is 0 Å². The van der Waals surface area contributed by atoms with Gasteiger partial charge in [0.05, 0.1) is 4.91 Å². The molecule has 0 bridgehead atoms. The van der Waals surface area contributed by atoms with Crippen molar-refractivity contribution in [2.45, 2.75) is 6.61 Å². The Hall–Kier alpha value is -2.86. The van der Waals surface area contributed by atoms with Crippen molar-refractivity contribution < 1.29 is 18.7 Å². The minimum absolute atomic E-state index is 0.197. The van der Waals surface area contributed by atoms with Crippen LogP contribution in [0.1, 0.15) is 11.1 Å². The Morgan fingerprint density at radius 3 is 2.65 bits per heavy atom. The summed E-state index contributed by atoms with van der Waals surface area (Å²) in [4.78, 5) is 25.6. The molecule has 2 aromatic carbocycles. The minimum Gasteiger partial charge on any atom is -0.489 e. The van der Waals surface area contributed by atoms with Crippen molar-refractivity contribution in [2.75, 3.05) is 6.54 Å².